The molecule has 0 amide bonds. The van der Waals surface area contributed by atoms with Gasteiger partial charge in [0, 0.05) is 11.1 Å². The maximum atomic E-state index is 12.9. The molecule has 2 aromatic carbocycles. The van der Waals surface area contributed by atoms with Crippen LogP contribution in [0.3, 0.4) is 0 Å². The van der Waals surface area contributed by atoms with Crippen LogP contribution in [0.5, 0.6) is 11.5 Å². The summed E-state index contributed by atoms with van der Waals surface area (Å²) in [7, 11) is 0. The Labute approximate surface area is 161 Å². The van der Waals surface area contributed by atoms with E-state index >= 15 is 0 Å². The molecule has 0 aliphatic carbocycles. The molecular formula is C20H21ClF3NO2. The van der Waals surface area contributed by atoms with Crippen LogP contribution >= 0.6 is 11.6 Å². The number of nitrogens with one attached hydrogen (secondary N) is 1. The van der Waals surface area contributed by atoms with Crippen LogP contribution in [-0.4, -0.2) is 19.2 Å². The average Bonchev–Trinajstić information content (AvgIpc) is 2.64. The Bertz CT molecular complexity index is 776. The van der Waals surface area contributed by atoms with Gasteiger partial charge in [0.1, 0.15) is 12.2 Å². The standard InChI is InChI=1S/C20H21ClF3NO2/c1-13(14-3-2-4-15(11-14)20(22,23)24)26-18-6-5-16(21)12-19(18)27-17-7-9-25-10-8-17/h2-6,11-13,17,25H,7-10H2,1H3. The normalized spacial score (nSPS) is 16.8. The Morgan fingerprint density at radius 1 is 1.07 bits per heavy atom. The van der Waals surface area contributed by atoms with Crippen LogP contribution in [0.1, 0.15) is 37.0 Å². The zero-order valence-electron chi connectivity index (χ0n) is 14.9. The molecule has 3 nitrogen and oxygen atoms in total. The largest absolute Gasteiger partial charge is 0.486 e. The van der Waals surface area contributed by atoms with E-state index in [9.17, 15) is 13.2 Å². The average molecular weight is 400 g/mol. The Balaban J connectivity index is 1.78. The van der Waals surface area contributed by atoms with Crippen molar-refractivity contribution in [1.82, 2.24) is 5.32 Å². The van der Waals surface area contributed by atoms with Crippen molar-refractivity contribution in [3.8, 4) is 11.5 Å². The van der Waals surface area contributed by atoms with Crippen LogP contribution in [0.2, 0.25) is 5.02 Å². The summed E-state index contributed by atoms with van der Waals surface area (Å²) in [6.45, 7) is 3.46. The van der Waals surface area contributed by atoms with Crippen LogP contribution in [0, 0.1) is 0 Å². The highest BCUT2D eigenvalue weighted by Crippen LogP contribution is 2.36. The van der Waals surface area contributed by atoms with Crippen molar-refractivity contribution in [3.05, 3.63) is 58.6 Å². The number of halogens is 4. The molecule has 27 heavy (non-hydrogen) atoms. The van der Waals surface area contributed by atoms with Gasteiger partial charge in [-0.2, -0.15) is 13.2 Å². The van der Waals surface area contributed by atoms with E-state index in [0.717, 1.165) is 38.1 Å². The van der Waals surface area contributed by atoms with E-state index in [4.69, 9.17) is 21.1 Å². The number of rotatable bonds is 5. The van der Waals surface area contributed by atoms with E-state index in [0.29, 0.717) is 22.1 Å². The number of alkyl halides is 3. The molecule has 0 saturated carbocycles. The van der Waals surface area contributed by atoms with Crippen molar-refractivity contribution in [3.63, 3.8) is 0 Å². The summed E-state index contributed by atoms with van der Waals surface area (Å²) in [5, 5.41) is 3.78. The Hall–Kier alpha value is -1.92. The molecule has 146 valence electrons. The van der Waals surface area contributed by atoms with E-state index < -0.39 is 17.8 Å². The molecule has 1 atom stereocenters. The van der Waals surface area contributed by atoms with Gasteiger partial charge in [0.05, 0.1) is 5.56 Å². The molecule has 1 heterocycles. The van der Waals surface area contributed by atoms with E-state index in [1.165, 1.54) is 6.07 Å². The minimum absolute atomic E-state index is 0.0518. The Morgan fingerprint density at radius 2 is 1.81 bits per heavy atom. The molecule has 0 aromatic heterocycles. The van der Waals surface area contributed by atoms with Gasteiger partial charge in [-0.05, 0) is 62.7 Å². The van der Waals surface area contributed by atoms with Gasteiger partial charge >= 0.3 is 6.18 Å². The molecule has 1 unspecified atom stereocenters. The lowest BCUT2D eigenvalue weighted by molar-refractivity contribution is -0.137. The molecule has 1 saturated heterocycles. The number of hydrogen-bond donors (Lipinski definition) is 1. The lowest BCUT2D eigenvalue weighted by Gasteiger charge is -2.26. The van der Waals surface area contributed by atoms with Gasteiger partial charge < -0.3 is 14.8 Å². The second-order valence-electron chi connectivity index (χ2n) is 6.54. The summed E-state index contributed by atoms with van der Waals surface area (Å²) in [4.78, 5) is 0. The molecule has 1 N–H and O–H groups in total. The minimum atomic E-state index is -4.39. The summed E-state index contributed by atoms with van der Waals surface area (Å²) in [5.41, 5.74) is -0.259. The van der Waals surface area contributed by atoms with E-state index in [1.807, 2.05) is 0 Å². The van der Waals surface area contributed by atoms with Gasteiger partial charge in [0.2, 0.25) is 0 Å². The third-order valence-electron chi connectivity index (χ3n) is 4.47. The van der Waals surface area contributed by atoms with Gasteiger partial charge in [-0.15, -0.1) is 0 Å². The fourth-order valence-corrected chi connectivity index (χ4v) is 3.15. The fourth-order valence-electron chi connectivity index (χ4n) is 2.99. The van der Waals surface area contributed by atoms with Crippen molar-refractivity contribution in [2.24, 2.45) is 0 Å². The molecule has 0 radical (unpaired) electrons. The predicted molar refractivity (Wildman–Crippen MR) is 98.5 cm³/mol. The third-order valence-corrected chi connectivity index (χ3v) is 4.71. The first kappa shape index (κ1) is 19.8. The highest BCUT2D eigenvalue weighted by molar-refractivity contribution is 6.30. The monoisotopic (exact) mass is 399 g/mol. The molecule has 0 spiro atoms. The molecule has 2 aromatic rings. The topological polar surface area (TPSA) is 30.5 Å². The van der Waals surface area contributed by atoms with E-state index in [-0.39, 0.29) is 6.10 Å². The van der Waals surface area contributed by atoms with Gasteiger partial charge in [0.25, 0.3) is 0 Å². The first-order valence-corrected chi connectivity index (χ1v) is 9.21. The molecule has 1 aliphatic heterocycles. The zero-order valence-corrected chi connectivity index (χ0v) is 15.6. The first-order valence-electron chi connectivity index (χ1n) is 8.83. The maximum Gasteiger partial charge on any atom is 0.416 e. The highest BCUT2D eigenvalue weighted by Gasteiger charge is 2.31. The second-order valence-corrected chi connectivity index (χ2v) is 6.98. The van der Waals surface area contributed by atoms with Crippen LogP contribution in [0.15, 0.2) is 42.5 Å². The molecule has 1 aliphatic rings. The van der Waals surface area contributed by atoms with Crippen LogP contribution in [-0.2, 0) is 6.18 Å². The molecular weight excluding hydrogens is 379 g/mol. The number of benzene rings is 2. The van der Waals surface area contributed by atoms with Crippen molar-refractivity contribution < 1.29 is 22.6 Å². The summed E-state index contributed by atoms with van der Waals surface area (Å²) < 4.78 is 50.8. The lowest BCUT2D eigenvalue weighted by atomic mass is 10.1. The first-order chi connectivity index (χ1) is 12.8. The predicted octanol–water partition coefficient (Wildman–Crippen LogP) is 5.63. The quantitative estimate of drug-likeness (QED) is 0.706. The molecule has 1 fully saturated rings. The summed E-state index contributed by atoms with van der Waals surface area (Å²) in [6.07, 6.45) is -3.18. The van der Waals surface area contributed by atoms with Crippen molar-refractivity contribution in [2.45, 2.75) is 38.1 Å². The molecule has 3 rings (SSSR count). The second kappa shape index (κ2) is 8.40. The van der Waals surface area contributed by atoms with Gasteiger partial charge in [-0.1, -0.05) is 23.7 Å². The summed E-state index contributed by atoms with van der Waals surface area (Å²) >= 11 is 6.09. The maximum absolute atomic E-state index is 12.9. The summed E-state index contributed by atoms with van der Waals surface area (Å²) in [6, 6.07) is 10.2. The zero-order chi connectivity index (χ0) is 19.4. The smallest absolute Gasteiger partial charge is 0.416 e. The van der Waals surface area contributed by atoms with Crippen molar-refractivity contribution in [2.75, 3.05) is 13.1 Å². The Kier molecular flexibility index (Phi) is 6.17. The van der Waals surface area contributed by atoms with E-state index in [1.54, 1.807) is 31.2 Å². The van der Waals surface area contributed by atoms with E-state index in [2.05, 4.69) is 5.32 Å². The highest BCUT2D eigenvalue weighted by atomic mass is 35.5. The van der Waals surface area contributed by atoms with Crippen LogP contribution < -0.4 is 14.8 Å². The summed E-state index contributed by atoms with van der Waals surface area (Å²) in [5.74, 6) is 0.969. The number of ether oxygens (including phenoxy) is 2. The fraction of sp³-hybridized carbons (Fsp3) is 0.400. The van der Waals surface area contributed by atoms with Crippen LogP contribution in [0.25, 0.3) is 0 Å². The van der Waals surface area contributed by atoms with Gasteiger partial charge in [-0.3, -0.25) is 0 Å². The minimum Gasteiger partial charge on any atom is -0.486 e. The van der Waals surface area contributed by atoms with Gasteiger partial charge in [-0.25, -0.2) is 0 Å². The number of hydrogen-bond acceptors (Lipinski definition) is 3. The van der Waals surface area contributed by atoms with Crippen LogP contribution in [0.4, 0.5) is 13.2 Å². The number of piperidine rings is 1. The van der Waals surface area contributed by atoms with Crippen molar-refractivity contribution >= 4 is 11.6 Å². The van der Waals surface area contributed by atoms with Gasteiger partial charge in [0.15, 0.2) is 11.5 Å². The lowest BCUT2D eigenvalue weighted by Crippen LogP contribution is -2.34. The Morgan fingerprint density at radius 3 is 2.52 bits per heavy atom. The third kappa shape index (κ3) is 5.30. The van der Waals surface area contributed by atoms with Crippen molar-refractivity contribution in [1.29, 1.82) is 0 Å². The molecule has 7 heteroatoms. The molecule has 0 bridgehead atoms. The SMILES string of the molecule is CC(Oc1ccc(Cl)cc1OC1CCNCC1)c1cccc(C(F)(F)F)c1.